The van der Waals surface area contributed by atoms with Gasteiger partial charge in [0.1, 0.15) is 23.0 Å². The first-order chi connectivity index (χ1) is 27.1. The van der Waals surface area contributed by atoms with Gasteiger partial charge in [-0.2, -0.15) is 0 Å². The SMILES string of the molecule is CCOc1c2cc(C(C)(C)C)cc1Cc1cc(C(C)(C)C)cc(c1OCC)Cc1cc(C(C)(C)C)cc(c1OCC)Cc1cc(C(C)(C)C)cc(c1OCC)COC2. The number of rotatable bonds is 8. The molecular weight excluding hydrogens is 717 g/mol. The lowest BCUT2D eigenvalue weighted by Crippen LogP contribution is -2.17. The summed E-state index contributed by atoms with van der Waals surface area (Å²) >= 11 is 0. The molecule has 8 bridgehead atoms. The fourth-order valence-corrected chi connectivity index (χ4v) is 7.96. The molecule has 5 heteroatoms. The van der Waals surface area contributed by atoms with Crippen molar-refractivity contribution in [3.63, 3.8) is 0 Å². The van der Waals surface area contributed by atoms with Gasteiger partial charge in [0.25, 0.3) is 0 Å². The van der Waals surface area contributed by atoms with E-state index in [0.29, 0.717) is 58.9 Å². The highest BCUT2D eigenvalue weighted by molar-refractivity contribution is 5.58. The van der Waals surface area contributed by atoms with E-state index in [1.807, 2.05) is 0 Å². The van der Waals surface area contributed by atoms with Gasteiger partial charge in [-0.05, 0) is 117 Å². The normalized spacial score (nSPS) is 14.1. The molecule has 0 aromatic heterocycles. The summed E-state index contributed by atoms with van der Waals surface area (Å²) in [7, 11) is 0. The van der Waals surface area contributed by atoms with Crippen molar-refractivity contribution in [2.45, 2.75) is 165 Å². The van der Waals surface area contributed by atoms with Gasteiger partial charge in [-0.3, -0.25) is 0 Å². The molecule has 0 amide bonds. The van der Waals surface area contributed by atoms with E-state index in [0.717, 1.165) is 45.3 Å². The first-order valence-electron chi connectivity index (χ1n) is 21.8. The van der Waals surface area contributed by atoms with E-state index >= 15 is 0 Å². The molecule has 0 aliphatic carbocycles. The first kappa shape index (κ1) is 45.1. The van der Waals surface area contributed by atoms with Crippen LogP contribution in [0.15, 0.2) is 48.5 Å². The summed E-state index contributed by atoms with van der Waals surface area (Å²) in [5.74, 6) is 3.70. The molecule has 1 heterocycles. The van der Waals surface area contributed by atoms with Crippen molar-refractivity contribution in [3.05, 3.63) is 115 Å². The summed E-state index contributed by atoms with van der Waals surface area (Å²) in [6, 6.07) is 18.8. The van der Waals surface area contributed by atoms with Crippen LogP contribution in [0.2, 0.25) is 0 Å². The Bertz CT molecular complexity index is 1910. The van der Waals surface area contributed by atoms with Crippen LogP contribution in [-0.2, 0) is 58.9 Å². The van der Waals surface area contributed by atoms with Gasteiger partial charge in [0.2, 0.25) is 0 Å². The van der Waals surface area contributed by atoms with Gasteiger partial charge in [0, 0.05) is 30.4 Å². The molecule has 0 saturated heterocycles. The van der Waals surface area contributed by atoms with Crippen molar-refractivity contribution in [1.82, 2.24) is 0 Å². The Morgan fingerprint density at radius 2 is 0.534 bits per heavy atom. The maximum atomic E-state index is 6.80. The molecule has 1 aliphatic heterocycles. The zero-order chi connectivity index (χ0) is 42.8. The average molecular weight is 791 g/mol. The fraction of sp³-hybridized carbons (Fsp3) is 0.547. The van der Waals surface area contributed by atoms with Crippen LogP contribution in [0.3, 0.4) is 0 Å². The van der Waals surface area contributed by atoms with Crippen molar-refractivity contribution in [2.75, 3.05) is 26.4 Å². The molecule has 0 fully saturated rings. The molecule has 0 saturated carbocycles. The van der Waals surface area contributed by atoms with E-state index in [1.54, 1.807) is 0 Å². The molecule has 0 unspecified atom stereocenters. The molecule has 4 aromatic carbocycles. The molecule has 0 atom stereocenters. The third-order valence-corrected chi connectivity index (χ3v) is 11.2. The van der Waals surface area contributed by atoms with Crippen LogP contribution < -0.4 is 18.9 Å². The van der Waals surface area contributed by atoms with E-state index in [1.165, 1.54) is 44.5 Å². The van der Waals surface area contributed by atoms with E-state index in [-0.39, 0.29) is 21.7 Å². The second-order valence-corrected chi connectivity index (χ2v) is 20.2. The largest absolute Gasteiger partial charge is 0.493 e. The predicted molar refractivity (Wildman–Crippen MR) is 242 cm³/mol. The Labute approximate surface area is 352 Å². The highest BCUT2D eigenvalue weighted by Gasteiger charge is 2.28. The highest BCUT2D eigenvalue weighted by Crippen LogP contribution is 2.43. The summed E-state index contributed by atoms with van der Waals surface area (Å²) in [5.41, 5.74) is 13.8. The average Bonchev–Trinajstić information content (AvgIpc) is 3.10. The summed E-state index contributed by atoms with van der Waals surface area (Å²) in [6.45, 7) is 38.9. The summed E-state index contributed by atoms with van der Waals surface area (Å²) in [6.07, 6.45) is 1.99. The lowest BCUT2D eigenvalue weighted by Gasteiger charge is -2.28. The van der Waals surface area contributed by atoms with Gasteiger partial charge in [-0.25, -0.2) is 0 Å². The van der Waals surface area contributed by atoms with Crippen LogP contribution in [0.5, 0.6) is 23.0 Å². The zero-order valence-corrected chi connectivity index (χ0v) is 39.0. The Hall–Kier alpha value is -3.96. The molecule has 4 aromatic rings. The van der Waals surface area contributed by atoms with Crippen LogP contribution in [0.4, 0.5) is 0 Å². The second-order valence-electron chi connectivity index (χ2n) is 20.2. The maximum Gasteiger partial charge on any atom is 0.128 e. The Balaban J connectivity index is 1.95. The highest BCUT2D eigenvalue weighted by atomic mass is 16.5. The molecule has 1 aliphatic rings. The second kappa shape index (κ2) is 17.7. The van der Waals surface area contributed by atoms with Crippen molar-refractivity contribution < 1.29 is 23.7 Å². The minimum Gasteiger partial charge on any atom is -0.493 e. The Morgan fingerprint density at radius 1 is 0.345 bits per heavy atom. The number of benzene rings is 4. The third kappa shape index (κ3) is 10.4. The monoisotopic (exact) mass is 791 g/mol. The molecule has 0 spiro atoms. The molecular formula is C53H74O5. The molecule has 58 heavy (non-hydrogen) atoms. The van der Waals surface area contributed by atoms with Gasteiger partial charge in [0.15, 0.2) is 0 Å². The minimum absolute atomic E-state index is 0.0874. The van der Waals surface area contributed by atoms with Gasteiger partial charge in [-0.1, -0.05) is 119 Å². The fourth-order valence-electron chi connectivity index (χ4n) is 7.96. The minimum atomic E-state index is -0.0904. The van der Waals surface area contributed by atoms with Crippen molar-refractivity contribution >= 4 is 0 Å². The van der Waals surface area contributed by atoms with Crippen LogP contribution in [0.25, 0.3) is 0 Å². The topological polar surface area (TPSA) is 46.2 Å². The Morgan fingerprint density at radius 3 is 0.724 bits per heavy atom. The smallest absolute Gasteiger partial charge is 0.128 e. The molecule has 0 N–H and O–H groups in total. The molecule has 0 radical (unpaired) electrons. The predicted octanol–water partition coefficient (Wildman–Crippen LogP) is 13.3. The summed E-state index contributed by atoms with van der Waals surface area (Å²) in [4.78, 5) is 0. The number of ether oxygens (including phenoxy) is 5. The van der Waals surface area contributed by atoms with Crippen LogP contribution in [0.1, 0.15) is 178 Å². The van der Waals surface area contributed by atoms with Crippen molar-refractivity contribution in [3.8, 4) is 23.0 Å². The van der Waals surface area contributed by atoms with Crippen LogP contribution >= 0.6 is 0 Å². The summed E-state index contributed by atoms with van der Waals surface area (Å²) in [5, 5.41) is 0. The summed E-state index contributed by atoms with van der Waals surface area (Å²) < 4.78 is 33.5. The Kier molecular flexibility index (Phi) is 13.8. The third-order valence-electron chi connectivity index (χ3n) is 11.2. The van der Waals surface area contributed by atoms with Gasteiger partial charge in [0.05, 0.1) is 39.6 Å². The van der Waals surface area contributed by atoms with E-state index in [2.05, 4.69) is 159 Å². The van der Waals surface area contributed by atoms with E-state index < -0.39 is 0 Å². The number of hydrogen-bond donors (Lipinski definition) is 0. The first-order valence-corrected chi connectivity index (χ1v) is 21.8. The van der Waals surface area contributed by atoms with Gasteiger partial charge >= 0.3 is 0 Å². The van der Waals surface area contributed by atoms with E-state index in [9.17, 15) is 0 Å². The van der Waals surface area contributed by atoms with Gasteiger partial charge in [-0.15, -0.1) is 0 Å². The maximum absolute atomic E-state index is 6.80. The molecule has 5 nitrogen and oxygen atoms in total. The van der Waals surface area contributed by atoms with Gasteiger partial charge < -0.3 is 23.7 Å². The van der Waals surface area contributed by atoms with Crippen molar-refractivity contribution in [2.24, 2.45) is 0 Å². The molecule has 5 rings (SSSR count). The lowest BCUT2D eigenvalue weighted by molar-refractivity contribution is 0.102. The standard InChI is InChI=1S/C53H74O5/c1-17-55-46-34-21-35-25-43(51(8,9)10)27-37(47(35)56-18-2)23-39-29-45(53(14,15)16)31-41(49(39)58-20-4)33-54-32-40-30-44(52(11,12)13)28-38(48(40)57-19-3)22-36(46)26-42(24-34)50(5,6)7/h24-31H,17-23,32-33H2,1-16H3. The number of fused-ring (bicyclic) bond motifs is 8. The quantitative estimate of drug-likeness (QED) is 0.178. The molecule has 316 valence electrons. The zero-order valence-electron chi connectivity index (χ0n) is 39.0. The lowest BCUT2D eigenvalue weighted by atomic mass is 9.80. The number of hydrogen-bond acceptors (Lipinski definition) is 5. The van der Waals surface area contributed by atoms with Crippen LogP contribution in [-0.4, -0.2) is 26.4 Å². The van der Waals surface area contributed by atoms with Crippen molar-refractivity contribution in [1.29, 1.82) is 0 Å². The van der Waals surface area contributed by atoms with E-state index in [4.69, 9.17) is 23.7 Å². The van der Waals surface area contributed by atoms with Crippen LogP contribution in [0, 0.1) is 0 Å².